The van der Waals surface area contributed by atoms with Crippen LogP contribution in [0.15, 0.2) is 35.9 Å². The van der Waals surface area contributed by atoms with E-state index in [4.69, 9.17) is 23.7 Å². The fraction of sp³-hybridized carbons (Fsp3) is 0.333. The second kappa shape index (κ2) is 8.60. The third-order valence-corrected chi connectivity index (χ3v) is 5.75. The number of methoxy groups -OCH3 is 5. The highest BCUT2D eigenvalue weighted by atomic mass is 16.5. The molecule has 0 amide bonds. The van der Waals surface area contributed by atoms with E-state index in [1.807, 2.05) is 18.2 Å². The van der Waals surface area contributed by atoms with E-state index in [9.17, 15) is 10.1 Å². The van der Waals surface area contributed by atoms with Gasteiger partial charge in [0.25, 0.3) is 0 Å². The first kappa shape index (κ1) is 22.0. The summed E-state index contributed by atoms with van der Waals surface area (Å²) >= 11 is 0. The van der Waals surface area contributed by atoms with Crippen molar-refractivity contribution in [2.45, 2.75) is 13.3 Å². The predicted molar refractivity (Wildman–Crippen MR) is 115 cm³/mol. The highest BCUT2D eigenvalue weighted by Crippen LogP contribution is 2.49. The Balaban J connectivity index is 2.39. The number of carbonyl (C=O) groups is 1. The minimum absolute atomic E-state index is 0.161. The maximum Gasteiger partial charge on any atom is 0.330 e. The average Bonchev–Trinajstić information content (AvgIpc) is 2.81. The zero-order valence-corrected chi connectivity index (χ0v) is 18.5. The van der Waals surface area contributed by atoms with E-state index < -0.39 is 11.4 Å². The van der Waals surface area contributed by atoms with Crippen LogP contribution in [0.2, 0.25) is 0 Å². The molecule has 0 heterocycles. The summed E-state index contributed by atoms with van der Waals surface area (Å²) in [5.74, 6) is 1.57. The molecule has 1 aliphatic rings. The molecular weight excluding hydrogens is 398 g/mol. The maximum atomic E-state index is 12.8. The number of hydrogen-bond acceptors (Lipinski definition) is 7. The van der Waals surface area contributed by atoms with Gasteiger partial charge >= 0.3 is 5.97 Å². The second-order valence-electron chi connectivity index (χ2n) is 7.12. The molecule has 0 bridgehead atoms. The van der Waals surface area contributed by atoms with Crippen molar-refractivity contribution in [3.63, 3.8) is 0 Å². The van der Waals surface area contributed by atoms with Crippen molar-refractivity contribution in [2.75, 3.05) is 35.5 Å². The summed E-state index contributed by atoms with van der Waals surface area (Å²) in [5, 5.41) is 10.1. The van der Waals surface area contributed by atoms with Gasteiger partial charge in [-0.25, -0.2) is 4.79 Å². The molecule has 0 aliphatic heterocycles. The number of rotatable bonds is 6. The molecule has 0 N–H and O–H groups in total. The summed E-state index contributed by atoms with van der Waals surface area (Å²) in [6.45, 7) is 1.78. The summed E-state index contributed by atoms with van der Waals surface area (Å²) in [6.07, 6.45) is 0.161. The zero-order valence-electron chi connectivity index (χ0n) is 18.5. The molecule has 31 heavy (non-hydrogen) atoms. The number of carbonyl (C=O) groups excluding carboxylic acids is 1. The zero-order chi connectivity index (χ0) is 22.8. The monoisotopic (exact) mass is 423 g/mol. The fourth-order valence-corrected chi connectivity index (χ4v) is 4.07. The van der Waals surface area contributed by atoms with Gasteiger partial charge in [-0.3, -0.25) is 0 Å². The third-order valence-electron chi connectivity index (χ3n) is 5.75. The van der Waals surface area contributed by atoms with Crippen molar-refractivity contribution in [2.24, 2.45) is 5.41 Å². The average molecular weight is 423 g/mol. The Kier molecular flexibility index (Phi) is 6.11. The van der Waals surface area contributed by atoms with E-state index in [0.717, 1.165) is 22.3 Å². The first-order valence-electron chi connectivity index (χ1n) is 9.59. The Hall–Kier alpha value is -3.66. The second-order valence-corrected chi connectivity index (χ2v) is 7.12. The molecule has 0 fully saturated rings. The lowest BCUT2D eigenvalue weighted by Gasteiger charge is -2.34. The van der Waals surface area contributed by atoms with Crippen LogP contribution < -0.4 is 18.9 Å². The molecule has 0 spiro atoms. The highest BCUT2D eigenvalue weighted by molar-refractivity contribution is 5.95. The van der Waals surface area contributed by atoms with Gasteiger partial charge in [-0.2, -0.15) is 5.26 Å². The number of nitrogens with zero attached hydrogens (tertiary/aromatic N) is 1. The molecule has 7 nitrogen and oxygen atoms in total. The molecule has 1 aliphatic carbocycles. The van der Waals surface area contributed by atoms with E-state index >= 15 is 0 Å². The summed E-state index contributed by atoms with van der Waals surface area (Å²) in [6, 6.07) is 11.4. The standard InChI is InChI=1S/C24H25NO6/c1-14-22(15-7-8-18(27-2)19(9-15)28-3)17-11-21(30-5)20(29-4)10-16(17)12-24(14,13-25)23(26)31-6/h7-11H,12H2,1-6H3. The number of ether oxygens (including phenoxy) is 5. The van der Waals surface area contributed by atoms with E-state index in [1.54, 1.807) is 47.5 Å². The van der Waals surface area contributed by atoms with Crippen molar-refractivity contribution in [3.8, 4) is 29.1 Å². The van der Waals surface area contributed by atoms with Crippen molar-refractivity contribution >= 4 is 11.5 Å². The summed E-state index contributed by atoms with van der Waals surface area (Å²) in [7, 11) is 7.51. The molecule has 3 rings (SSSR count). The van der Waals surface area contributed by atoms with Crippen LogP contribution in [0.25, 0.3) is 5.57 Å². The van der Waals surface area contributed by atoms with E-state index in [1.165, 1.54) is 7.11 Å². The van der Waals surface area contributed by atoms with Crippen LogP contribution in [0.3, 0.4) is 0 Å². The number of nitriles is 1. The molecule has 2 aromatic carbocycles. The largest absolute Gasteiger partial charge is 0.493 e. The van der Waals surface area contributed by atoms with Crippen molar-refractivity contribution in [1.29, 1.82) is 5.26 Å². The number of esters is 1. The smallest absolute Gasteiger partial charge is 0.330 e. The molecule has 0 saturated carbocycles. The topological polar surface area (TPSA) is 87.0 Å². The van der Waals surface area contributed by atoms with Crippen LogP contribution in [-0.2, 0) is 16.0 Å². The van der Waals surface area contributed by atoms with Gasteiger partial charge < -0.3 is 23.7 Å². The first-order valence-corrected chi connectivity index (χ1v) is 9.59. The number of fused-ring (bicyclic) bond motifs is 1. The highest BCUT2D eigenvalue weighted by Gasteiger charge is 2.47. The fourth-order valence-electron chi connectivity index (χ4n) is 4.07. The molecular formula is C24H25NO6. The molecule has 1 unspecified atom stereocenters. The Labute approximate surface area is 181 Å². The molecule has 1 atom stereocenters. The summed E-state index contributed by atoms with van der Waals surface area (Å²) in [4.78, 5) is 12.8. The Bertz CT molecular complexity index is 1100. The van der Waals surface area contributed by atoms with Crippen LogP contribution in [0.4, 0.5) is 0 Å². The van der Waals surface area contributed by atoms with Gasteiger partial charge in [0.2, 0.25) is 0 Å². The number of benzene rings is 2. The third kappa shape index (κ3) is 3.44. The van der Waals surface area contributed by atoms with Crippen LogP contribution in [-0.4, -0.2) is 41.5 Å². The van der Waals surface area contributed by atoms with E-state index in [-0.39, 0.29) is 6.42 Å². The number of hydrogen-bond donors (Lipinski definition) is 0. The van der Waals surface area contributed by atoms with Crippen molar-refractivity contribution in [1.82, 2.24) is 0 Å². The Morgan fingerprint density at radius 1 is 0.903 bits per heavy atom. The van der Waals surface area contributed by atoms with Crippen LogP contribution in [0.1, 0.15) is 23.6 Å². The van der Waals surface area contributed by atoms with Gasteiger partial charge in [-0.05, 0) is 59.0 Å². The summed E-state index contributed by atoms with van der Waals surface area (Å²) in [5.41, 5.74) is 2.25. The van der Waals surface area contributed by atoms with Gasteiger partial charge in [0.05, 0.1) is 41.6 Å². The first-order chi connectivity index (χ1) is 14.9. The molecule has 162 valence electrons. The lowest BCUT2D eigenvalue weighted by molar-refractivity contribution is -0.147. The Morgan fingerprint density at radius 3 is 2.03 bits per heavy atom. The Morgan fingerprint density at radius 2 is 1.48 bits per heavy atom. The van der Waals surface area contributed by atoms with E-state index in [0.29, 0.717) is 28.6 Å². The van der Waals surface area contributed by atoms with Gasteiger partial charge in [0, 0.05) is 6.42 Å². The molecule has 7 heteroatoms. The lowest BCUT2D eigenvalue weighted by Crippen LogP contribution is -2.37. The van der Waals surface area contributed by atoms with Gasteiger partial charge in [0.15, 0.2) is 28.4 Å². The van der Waals surface area contributed by atoms with Crippen LogP contribution in [0.5, 0.6) is 23.0 Å². The predicted octanol–water partition coefficient (Wildman–Crippen LogP) is 3.78. The molecule has 0 aromatic heterocycles. The lowest BCUT2D eigenvalue weighted by atomic mass is 9.67. The summed E-state index contributed by atoms with van der Waals surface area (Å²) < 4.78 is 26.8. The molecule has 2 aromatic rings. The SMILES string of the molecule is COC(=O)C1(C#N)Cc2cc(OC)c(OC)cc2C(c2ccc(OC)c(OC)c2)=C1C. The van der Waals surface area contributed by atoms with Gasteiger partial charge in [-0.15, -0.1) is 0 Å². The normalized spacial score (nSPS) is 17.3. The minimum atomic E-state index is -1.47. The van der Waals surface area contributed by atoms with Crippen LogP contribution in [0, 0.1) is 16.7 Å². The van der Waals surface area contributed by atoms with Gasteiger partial charge in [0.1, 0.15) is 0 Å². The quantitative estimate of drug-likeness (QED) is 0.654. The van der Waals surface area contributed by atoms with E-state index in [2.05, 4.69) is 6.07 Å². The van der Waals surface area contributed by atoms with Crippen molar-refractivity contribution < 1.29 is 28.5 Å². The minimum Gasteiger partial charge on any atom is -0.493 e. The molecule has 0 saturated heterocycles. The van der Waals surface area contributed by atoms with Gasteiger partial charge in [-0.1, -0.05) is 6.07 Å². The maximum absolute atomic E-state index is 12.8. The van der Waals surface area contributed by atoms with Crippen molar-refractivity contribution in [3.05, 3.63) is 52.6 Å². The molecule has 0 radical (unpaired) electrons. The van der Waals surface area contributed by atoms with Crippen LogP contribution >= 0.6 is 0 Å².